The van der Waals surface area contributed by atoms with Gasteiger partial charge in [0.05, 0.1) is 19.3 Å². The Labute approximate surface area is 133 Å². The lowest BCUT2D eigenvalue weighted by atomic mass is 10.2. The van der Waals surface area contributed by atoms with E-state index in [1.54, 1.807) is 13.8 Å². The third kappa shape index (κ3) is 8.34. The molecule has 0 amide bonds. The van der Waals surface area contributed by atoms with Crippen molar-refractivity contribution in [1.82, 2.24) is 0 Å². The molecule has 0 rings (SSSR count). The topological polar surface area (TPSA) is 71.1 Å². The van der Waals surface area contributed by atoms with Crippen LogP contribution in [0.15, 0.2) is 0 Å². The lowest BCUT2D eigenvalue weighted by molar-refractivity contribution is -0.184. The molecule has 2 unspecified atom stereocenters. The van der Waals surface area contributed by atoms with E-state index in [2.05, 4.69) is 0 Å². The van der Waals surface area contributed by atoms with Crippen molar-refractivity contribution in [1.29, 1.82) is 0 Å². The molecule has 130 valence electrons. The number of carbonyl (C=O) groups is 2. The normalized spacial score (nSPS) is 13.7. The van der Waals surface area contributed by atoms with E-state index in [1.807, 2.05) is 13.8 Å². The van der Waals surface area contributed by atoms with Gasteiger partial charge in [0, 0.05) is 7.11 Å². The van der Waals surface area contributed by atoms with Crippen molar-refractivity contribution in [2.24, 2.45) is 0 Å². The van der Waals surface area contributed by atoms with Crippen LogP contribution in [0.3, 0.4) is 0 Å². The van der Waals surface area contributed by atoms with E-state index in [4.69, 9.17) is 18.9 Å². The van der Waals surface area contributed by atoms with Crippen LogP contribution in [0.1, 0.15) is 53.4 Å². The Morgan fingerprint density at radius 2 is 1.32 bits per heavy atom. The second-order valence-corrected chi connectivity index (χ2v) is 5.30. The second-order valence-electron chi connectivity index (χ2n) is 5.30. The first-order chi connectivity index (χ1) is 10.5. The average Bonchev–Trinajstić information content (AvgIpc) is 2.47. The maximum absolute atomic E-state index is 12.2. The molecule has 6 heteroatoms. The van der Waals surface area contributed by atoms with E-state index < -0.39 is 24.1 Å². The number of unbranched alkanes of at least 4 members (excludes halogenated alkanes) is 2. The SMILES string of the molecule is CCCCOC(=O)C(OC)C(OC(C)C)C(=O)OCCCC. The maximum Gasteiger partial charge on any atom is 0.338 e. The Kier molecular flexibility index (Phi) is 11.8. The van der Waals surface area contributed by atoms with Crippen LogP contribution in [0.5, 0.6) is 0 Å². The minimum Gasteiger partial charge on any atom is -0.464 e. The van der Waals surface area contributed by atoms with Crippen molar-refractivity contribution in [2.45, 2.75) is 71.7 Å². The number of ether oxygens (including phenoxy) is 4. The minimum atomic E-state index is -1.12. The van der Waals surface area contributed by atoms with Crippen LogP contribution in [0.4, 0.5) is 0 Å². The van der Waals surface area contributed by atoms with Gasteiger partial charge in [-0.2, -0.15) is 0 Å². The monoisotopic (exact) mass is 318 g/mol. The molecule has 0 aliphatic carbocycles. The first-order valence-corrected chi connectivity index (χ1v) is 7.99. The highest BCUT2D eigenvalue weighted by Gasteiger charge is 2.38. The molecule has 0 heterocycles. The molecule has 22 heavy (non-hydrogen) atoms. The molecule has 6 nitrogen and oxygen atoms in total. The Balaban J connectivity index is 4.78. The number of methoxy groups -OCH3 is 1. The summed E-state index contributed by atoms with van der Waals surface area (Å²) in [6, 6.07) is 0. The molecular weight excluding hydrogens is 288 g/mol. The molecule has 0 aromatic heterocycles. The summed E-state index contributed by atoms with van der Waals surface area (Å²) in [7, 11) is 1.35. The molecule has 0 saturated heterocycles. The van der Waals surface area contributed by atoms with E-state index in [0.717, 1.165) is 25.7 Å². The van der Waals surface area contributed by atoms with Gasteiger partial charge in [-0.15, -0.1) is 0 Å². The summed E-state index contributed by atoms with van der Waals surface area (Å²) in [4.78, 5) is 24.2. The van der Waals surface area contributed by atoms with Gasteiger partial charge in [-0.1, -0.05) is 26.7 Å². The summed E-state index contributed by atoms with van der Waals surface area (Å²) in [5.74, 6) is -1.20. The fourth-order valence-electron chi connectivity index (χ4n) is 1.69. The Bertz CT molecular complexity index is 316. The fourth-order valence-corrected chi connectivity index (χ4v) is 1.69. The number of hydrogen-bond donors (Lipinski definition) is 0. The zero-order chi connectivity index (χ0) is 17.0. The molecular formula is C16H30O6. The largest absolute Gasteiger partial charge is 0.464 e. The van der Waals surface area contributed by atoms with Crippen molar-refractivity contribution in [3.8, 4) is 0 Å². The highest BCUT2D eigenvalue weighted by molar-refractivity contribution is 5.85. The first kappa shape index (κ1) is 20.9. The lowest BCUT2D eigenvalue weighted by Gasteiger charge is -2.25. The summed E-state index contributed by atoms with van der Waals surface area (Å²) < 4.78 is 20.9. The van der Waals surface area contributed by atoms with Crippen molar-refractivity contribution < 1.29 is 28.5 Å². The van der Waals surface area contributed by atoms with E-state index in [0.29, 0.717) is 13.2 Å². The van der Waals surface area contributed by atoms with E-state index in [1.165, 1.54) is 7.11 Å². The summed E-state index contributed by atoms with van der Waals surface area (Å²) in [6.07, 6.45) is 0.873. The van der Waals surface area contributed by atoms with Gasteiger partial charge in [-0.05, 0) is 26.7 Å². The summed E-state index contributed by atoms with van der Waals surface area (Å²) in [5, 5.41) is 0. The van der Waals surface area contributed by atoms with Gasteiger partial charge in [0.1, 0.15) is 0 Å². The highest BCUT2D eigenvalue weighted by Crippen LogP contribution is 2.12. The van der Waals surface area contributed by atoms with Crippen LogP contribution in [-0.2, 0) is 28.5 Å². The van der Waals surface area contributed by atoms with Gasteiger partial charge in [0.25, 0.3) is 0 Å². The van der Waals surface area contributed by atoms with Crippen molar-refractivity contribution >= 4 is 11.9 Å². The molecule has 0 aromatic carbocycles. The lowest BCUT2D eigenvalue weighted by Crippen LogP contribution is -2.46. The van der Waals surface area contributed by atoms with Gasteiger partial charge < -0.3 is 18.9 Å². The third-order valence-electron chi connectivity index (χ3n) is 2.90. The van der Waals surface area contributed by atoms with Crippen LogP contribution in [0.25, 0.3) is 0 Å². The zero-order valence-electron chi connectivity index (χ0n) is 14.4. The van der Waals surface area contributed by atoms with E-state index in [-0.39, 0.29) is 6.10 Å². The average molecular weight is 318 g/mol. The summed E-state index contributed by atoms with van der Waals surface area (Å²) >= 11 is 0. The quantitative estimate of drug-likeness (QED) is 0.407. The smallest absolute Gasteiger partial charge is 0.338 e. The predicted octanol–water partition coefficient (Wildman–Crippen LogP) is 2.48. The molecule has 0 saturated carbocycles. The predicted molar refractivity (Wildman–Crippen MR) is 82.5 cm³/mol. The van der Waals surface area contributed by atoms with Gasteiger partial charge in [0.15, 0.2) is 12.2 Å². The maximum atomic E-state index is 12.2. The van der Waals surface area contributed by atoms with Gasteiger partial charge >= 0.3 is 11.9 Å². The van der Waals surface area contributed by atoms with Crippen molar-refractivity contribution in [3.63, 3.8) is 0 Å². The second kappa shape index (κ2) is 12.4. The molecule has 0 bridgehead atoms. The van der Waals surface area contributed by atoms with Gasteiger partial charge in [0.2, 0.25) is 0 Å². The molecule has 0 radical (unpaired) electrons. The Morgan fingerprint density at radius 1 is 0.864 bits per heavy atom. The molecule has 0 aliphatic rings. The number of rotatable bonds is 12. The standard InChI is InChI=1S/C16H30O6/c1-6-8-10-20-15(17)13(19-5)14(22-12(3)4)16(18)21-11-9-7-2/h12-14H,6-11H2,1-5H3. The van der Waals surface area contributed by atoms with Gasteiger partial charge in [-0.3, -0.25) is 0 Å². The molecule has 0 fully saturated rings. The number of carbonyl (C=O) groups excluding carboxylic acids is 2. The van der Waals surface area contributed by atoms with Crippen LogP contribution < -0.4 is 0 Å². The fraction of sp³-hybridized carbons (Fsp3) is 0.875. The van der Waals surface area contributed by atoms with Crippen LogP contribution in [-0.4, -0.2) is 50.6 Å². The summed E-state index contributed by atoms with van der Waals surface area (Å²) in [6.45, 7) is 8.16. The molecule has 0 N–H and O–H groups in total. The van der Waals surface area contributed by atoms with Gasteiger partial charge in [-0.25, -0.2) is 9.59 Å². The van der Waals surface area contributed by atoms with Crippen molar-refractivity contribution in [2.75, 3.05) is 20.3 Å². The van der Waals surface area contributed by atoms with Crippen LogP contribution in [0, 0.1) is 0 Å². The van der Waals surface area contributed by atoms with Crippen LogP contribution in [0.2, 0.25) is 0 Å². The van der Waals surface area contributed by atoms with Crippen LogP contribution >= 0.6 is 0 Å². The molecule has 2 atom stereocenters. The number of esters is 2. The summed E-state index contributed by atoms with van der Waals surface area (Å²) in [5.41, 5.74) is 0. The minimum absolute atomic E-state index is 0.246. The Hall–Kier alpha value is -1.14. The van der Waals surface area contributed by atoms with E-state index >= 15 is 0 Å². The third-order valence-corrected chi connectivity index (χ3v) is 2.90. The highest BCUT2D eigenvalue weighted by atomic mass is 16.6. The van der Waals surface area contributed by atoms with E-state index in [9.17, 15) is 9.59 Å². The molecule has 0 aliphatic heterocycles. The zero-order valence-corrected chi connectivity index (χ0v) is 14.4. The Morgan fingerprint density at radius 3 is 1.68 bits per heavy atom. The first-order valence-electron chi connectivity index (χ1n) is 7.99. The molecule has 0 aromatic rings. The molecule has 0 spiro atoms. The number of hydrogen-bond acceptors (Lipinski definition) is 6. The van der Waals surface area contributed by atoms with Crippen molar-refractivity contribution in [3.05, 3.63) is 0 Å².